The zero-order chi connectivity index (χ0) is 15.8. The molecular weight excluding hydrogens is 332 g/mol. The number of halogens is 1. The van der Waals surface area contributed by atoms with Gasteiger partial charge in [0.15, 0.2) is 5.16 Å². The Kier molecular flexibility index (Phi) is 3.87. The molecule has 1 aromatic carbocycles. The standard InChI is InChI=1S/C16H15ClN4OS/c1-10-12(17)3-2-4-13(10)21-8-7-18-16(21)23-9-14-19-20-15(22-14)11-5-6-11/h2-4,7-8,11H,5-6,9H2,1H3. The lowest BCUT2D eigenvalue weighted by atomic mass is 10.2. The predicted octanol–water partition coefficient (Wildman–Crippen LogP) is 4.39. The average molecular weight is 347 g/mol. The molecule has 0 unspecified atom stereocenters. The number of hydrogen-bond acceptors (Lipinski definition) is 5. The molecule has 0 radical (unpaired) electrons. The smallest absolute Gasteiger partial charge is 0.226 e. The van der Waals surface area contributed by atoms with Gasteiger partial charge in [0.25, 0.3) is 0 Å². The first kappa shape index (κ1) is 14.8. The molecule has 0 aliphatic heterocycles. The highest BCUT2D eigenvalue weighted by molar-refractivity contribution is 7.98. The fourth-order valence-electron chi connectivity index (χ4n) is 2.38. The van der Waals surface area contributed by atoms with Crippen molar-refractivity contribution in [2.24, 2.45) is 0 Å². The van der Waals surface area contributed by atoms with E-state index in [-0.39, 0.29) is 0 Å². The highest BCUT2D eigenvalue weighted by Gasteiger charge is 2.29. The van der Waals surface area contributed by atoms with E-state index in [1.54, 1.807) is 18.0 Å². The number of imidazole rings is 1. The first-order chi connectivity index (χ1) is 11.2. The van der Waals surface area contributed by atoms with Gasteiger partial charge in [-0.3, -0.25) is 4.57 Å². The summed E-state index contributed by atoms with van der Waals surface area (Å²) in [6.07, 6.45) is 6.04. The highest BCUT2D eigenvalue weighted by atomic mass is 35.5. The third-order valence-electron chi connectivity index (χ3n) is 3.84. The molecule has 5 nitrogen and oxygen atoms in total. The lowest BCUT2D eigenvalue weighted by Gasteiger charge is -2.10. The van der Waals surface area contributed by atoms with Gasteiger partial charge in [-0.2, -0.15) is 0 Å². The van der Waals surface area contributed by atoms with E-state index in [1.807, 2.05) is 35.9 Å². The van der Waals surface area contributed by atoms with E-state index in [4.69, 9.17) is 16.0 Å². The van der Waals surface area contributed by atoms with Gasteiger partial charge in [-0.05, 0) is 37.5 Å². The van der Waals surface area contributed by atoms with Crippen molar-refractivity contribution in [3.05, 3.63) is 53.0 Å². The summed E-state index contributed by atoms with van der Waals surface area (Å²) in [4.78, 5) is 4.43. The molecule has 2 aromatic heterocycles. The monoisotopic (exact) mass is 346 g/mol. The summed E-state index contributed by atoms with van der Waals surface area (Å²) in [7, 11) is 0. The van der Waals surface area contributed by atoms with Crippen LogP contribution in [0.3, 0.4) is 0 Å². The number of nitrogens with zero attached hydrogens (tertiary/aromatic N) is 4. The molecule has 0 amide bonds. The molecule has 0 atom stereocenters. The lowest BCUT2D eigenvalue weighted by molar-refractivity contribution is 0.466. The lowest BCUT2D eigenvalue weighted by Crippen LogP contribution is -1.98. The van der Waals surface area contributed by atoms with E-state index >= 15 is 0 Å². The second kappa shape index (κ2) is 6.02. The summed E-state index contributed by atoms with van der Waals surface area (Å²) in [5, 5.41) is 9.85. The SMILES string of the molecule is Cc1c(Cl)cccc1-n1ccnc1SCc1nnc(C2CC2)o1. The third-order valence-corrected chi connectivity index (χ3v) is 5.20. The van der Waals surface area contributed by atoms with Gasteiger partial charge in [0.1, 0.15) is 0 Å². The molecule has 0 spiro atoms. The van der Waals surface area contributed by atoms with Crippen LogP contribution in [0.15, 0.2) is 40.2 Å². The Morgan fingerprint density at radius 3 is 3.04 bits per heavy atom. The summed E-state index contributed by atoms with van der Waals surface area (Å²) in [6, 6.07) is 5.87. The van der Waals surface area contributed by atoms with Gasteiger partial charge < -0.3 is 4.42 Å². The first-order valence-corrected chi connectivity index (χ1v) is 8.82. The number of rotatable bonds is 5. The van der Waals surface area contributed by atoms with Crippen LogP contribution >= 0.6 is 23.4 Å². The van der Waals surface area contributed by atoms with Gasteiger partial charge in [-0.25, -0.2) is 4.98 Å². The summed E-state index contributed by atoms with van der Waals surface area (Å²) in [5.74, 6) is 2.51. The minimum absolute atomic E-state index is 0.484. The van der Waals surface area contributed by atoms with Crippen molar-refractivity contribution >= 4 is 23.4 Å². The Morgan fingerprint density at radius 1 is 1.35 bits per heavy atom. The molecule has 1 aliphatic carbocycles. The van der Waals surface area contributed by atoms with Gasteiger partial charge in [-0.1, -0.05) is 29.4 Å². The molecule has 3 aromatic rings. The second-order valence-electron chi connectivity index (χ2n) is 5.56. The van der Waals surface area contributed by atoms with Gasteiger partial charge in [-0.15, -0.1) is 10.2 Å². The van der Waals surface area contributed by atoms with Crippen molar-refractivity contribution in [3.8, 4) is 5.69 Å². The van der Waals surface area contributed by atoms with E-state index < -0.39 is 0 Å². The van der Waals surface area contributed by atoms with Crippen LogP contribution in [-0.2, 0) is 5.75 Å². The van der Waals surface area contributed by atoms with Crippen LogP contribution in [0.25, 0.3) is 5.69 Å². The zero-order valence-corrected chi connectivity index (χ0v) is 14.1. The van der Waals surface area contributed by atoms with Crippen LogP contribution in [0.2, 0.25) is 5.02 Å². The molecule has 0 N–H and O–H groups in total. The van der Waals surface area contributed by atoms with E-state index in [9.17, 15) is 0 Å². The minimum atomic E-state index is 0.484. The molecule has 118 valence electrons. The van der Waals surface area contributed by atoms with Crippen LogP contribution in [0, 0.1) is 6.92 Å². The molecule has 1 fully saturated rings. The Labute approximate surface area is 143 Å². The Hall–Kier alpha value is -1.79. The van der Waals surface area contributed by atoms with Crippen molar-refractivity contribution in [2.75, 3.05) is 0 Å². The van der Waals surface area contributed by atoms with Gasteiger partial charge >= 0.3 is 0 Å². The third kappa shape index (κ3) is 3.01. The number of aromatic nitrogens is 4. The fraction of sp³-hybridized carbons (Fsp3) is 0.312. The predicted molar refractivity (Wildman–Crippen MR) is 89.1 cm³/mol. The number of benzene rings is 1. The van der Waals surface area contributed by atoms with Gasteiger partial charge in [0, 0.05) is 23.3 Å². The van der Waals surface area contributed by atoms with Crippen molar-refractivity contribution in [1.82, 2.24) is 19.7 Å². The van der Waals surface area contributed by atoms with E-state index in [2.05, 4.69) is 15.2 Å². The maximum absolute atomic E-state index is 6.22. The summed E-state index contributed by atoms with van der Waals surface area (Å²) in [5.41, 5.74) is 2.06. The summed E-state index contributed by atoms with van der Waals surface area (Å²) in [6.45, 7) is 2.01. The molecule has 2 heterocycles. The molecule has 7 heteroatoms. The van der Waals surface area contributed by atoms with Crippen LogP contribution in [0.4, 0.5) is 0 Å². The zero-order valence-electron chi connectivity index (χ0n) is 12.6. The van der Waals surface area contributed by atoms with Crippen LogP contribution in [0.5, 0.6) is 0 Å². The van der Waals surface area contributed by atoms with E-state index in [1.165, 1.54) is 0 Å². The van der Waals surface area contributed by atoms with E-state index in [0.717, 1.165) is 40.2 Å². The van der Waals surface area contributed by atoms with Crippen LogP contribution in [0.1, 0.15) is 36.1 Å². The first-order valence-electron chi connectivity index (χ1n) is 7.46. The highest BCUT2D eigenvalue weighted by Crippen LogP contribution is 2.39. The number of thioether (sulfide) groups is 1. The van der Waals surface area contributed by atoms with Gasteiger partial charge in [0.2, 0.25) is 11.8 Å². The maximum Gasteiger partial charge on any atom is 0.226 e. The molecule has 0 saturated heterocycles. The number of hydrogen-bond donors (Lipinski definition) is 0. The molecule has 0 bridgehead atoms. The van der Waals surface area contributed by atoms with Gasteiger partial charge in [0.05, 0.1) is 11.4 Å². The maximum atomic E-state index is 6.22. The summed E-state index contributed by atoms with van der Waals surface area (Å²) < 4.78 is 7.72. The quantitative estimate of drug-likeness (QED) is 0.641. The summed E-state index contributed by atoms with van der Waals surface area (Å²) >= 11 is 7.79. The Morgan fingerprint density at radius 2 is 2.22 bits per heavy atom. The molecule has 1 aliphatic rings. The van der Waals surface area contributed by atoms with Crippen LogP contribution < -0.4 is 0 Å². The van der Waals surface area contributed by atoms with E-state index in [0.29, 0.717) is 17.6 Å². The normalized spacial score (nSPS) is 14.3. The Bertz CT molecular complexity index is 840. The van der Waals surface area contributed by atoms with Crippen LogP contribution in [-0.4, -0.2) is 19.7 Å². The Balaban J connectivity index is 1.53. The van der Waals surface area contributed by atoms with Crippen molar-refractivity contribution < 1.29 is 4.42 Å². The van der Waals surface area contributed by atoms with Crippen molar-refractivity contribution in [1.29, 1.82) is 0 Å². The largest absolute Gasteiger partial charge is 0.424 e. The minimum Gasteiger partial charge on any atom is -0.424 e. The van der Waals surface area contributed by atoms with Crippen molar-refractivity contribution in [3.63, 3.8) is 0 Å². The second-order valence-corrected chi connectivity index (χ2v) is 6.91. The molecule has 4 rings (SSSR count). The molecule has 23 heavy (non-hydrogen) atoms. The molecular formula is C16H15ClN4OS. The molecule has 1 saturated carbocycles. The average Bonchev–Trinajstić information content (AvgIpc) is 3.11. The van der Waals surface area contributed by atoms with Crippen molar-refractivity contribution in [2.45, 2.75) is 36.6 Å². The fourth-order valence-corrected chi connectivity index (χ4v) is 3.36. The topological polar surface area (TPSA) is 56.7 Å².